The molecule has 0 fully saturated rings. The summed E-state index contributed by atoms with van der Waals surface area (Å²) < 4.78 is 11.1. The molecule has 0 unspecified atom stereocenters. The second-order valence-electron chi connectivity index (χ2n) is 5.94. The quantitative estimate of drug-likeness (QED) is 0.696. The summed E-state index contributed by atoms with van der Waals surface area (Å²) in [7, 11) is 3.20. The third kappa shape index (κ3) is 3.62. The van der Waals surface area contributed by atoms with Gasteiger partial charge in [-0.15, -0.1) is 0 Å². The van der Waals surface area contributed by atoms with E-state index in [0.29, 0.717) is 29.1 Å². The van der Waals surface area contributed by atoms with E-state index >= 15 is 0 Å². The predicted molar refractivity (Wildman–Crippen MR) is 106 cm³/mol. The molecule has 132 valence electrons. The summed E-state index contributed by atoms with van der Waals surface area (Å²) in [5.74, 6) is 1.14. The highest BCUT2D eigenvalue weighted by Gasteiger charge is 2.20. The van der Waals surface area contributed by atoms with E-state index in [-0.39, 0.29) is 5.78 Å². The Bertz CT molecular complexity index is 930. The molecule has 3 heteroatoms. The molecule has 0 saturated carbocycles. The van der Waals surface area contributed by atoms with E-state index in [4.69, 9.17) is 9.47 Å². The van der Waals surface area contributed by atoms with Gasteiger partial charge in [0.1, 0.15) is 11.5 Å². The minimum Gasteiger partial charge on any atom is -0.500 e. The van der Waals surface area contributed by atoms with Crippen LogP contribution >= 0.6 is 0 Å². The average Bonchev–Trinajstić information content (AvgIpc) is 2.69. The van der Waals surface area contributed by atoms with Gasteiger partial charge in [0.25, 0.3) is 0 Å². The van der Waals surface area contributed by atoms with Crippen LogP contribution in [0.15, 0.2) is 84.2 Å². The minimum atomic E-state index is -0.0985. The molecule has 2 aromatic carbocycles. The van der Waals surface area contributed by atoms with E-state index in [2.05, 4.69) is 0 Å². The van der Waals surface area contributed by atoms with Gasteiger partial charge in [0.2, 0.25) is 0 Å². The standard InChI is InChI=1S/C23H22O3/c1-25-21-14-8-6-4-3-5-7-13-19(21)22(24)20-16-15-17-11-9-10-12-18(17)23(20)26-2/h3-4,6-13,15-16H,5,14H2,1-2H3/b4-3-,8-6-,13-7-,21-19-. The van der Waals surface area contributed by atoms with Crippen LogP contribution in [0.2, 0.25) is 0 Å². The molecule has 3 nitrogen and oxygen atoms in total. The first-order valence-corrected chi connectivity index (χ1v) is 8.62. The lowest BCUT2D eigenvalue weighted by Crippen LogP contribution is -2.08. The van der Waals surface area contributed by atoms with Gasteiger partial charge in [0, 0.05) is 11.8 Å². The number of carbonyl (C=O) groups is 1. The number of ether oxygens (including phenoxy) is 2. The molecule has 0 amide bonds. The molecule has 0 aliphatic heterocycles. The zero-order chi connectivity index (χ0) is 18.4. The van der Waals surface area contributed by atoms with E-state index in [1.807, 2.05) is 72.9 Å². The maximum absolute atomic E-state index is 13.3. The van der Waals surface area contributed by atoms with Gasteiger partial charge in [0.15, 0.2) is 5.78 Å². The van der Waals surface area contributed by atoms with Crippen LogP contribution in [-0.2, 0) is 4.74 Å². The lowest BCUT2D eigenvalue weighted by Gasteiger charge is -2.14. The average molecular weight is 346 g/mol. The molecular weight excluding hydrogens is 324 g/mol. The summed E-state index contributed by atoms with van der Waals surface area (Å²) >= 11 is 0. The maximum atomic E-state index is 13.3. The van der Waals surface area contributed by atoms with Crippen LogP contribution in [0, 0.1) is 0 Å². The van der Waals surface area contributed by atoms with Crippen molar-refractivity contribution in [1.82, 2.24) is 0 Å². The third-order valence-corrected chi connectivity index (χ3v) is 4.36. The van der Waals surface area contributed by atoms with Crippen molar-refractivity contribution in [2.75, 3.05) is 14.2 Å². The summed E-state index contributed by atoms with van der Waals surface area (Å²) in [6, 6.07) is 11.7. The summed E-state index contributed by atoms with van der Waals surface area (Å²) in [6.45, 7) is 0. The third-order valence-electron chi connectivity index (χ3n) is 4.36. The van der Waals surface area contributed by atoms with Crippen LogP contribution in [0.1, 0.15) is 23.2 Å². The molecule has 0 saturated heterocycles. The number of Topliss-reactive ketones (excluding diaryl/α,β-unsaturated/α-hetero) is 1. The number of carbonyl (C=O) groups excluding carboxylic acids is 1. The van der Waals surface area contributed by atoms with E-state index in [1.54, 1.807) is 14.2 Å². The summed E-state index contributed by atoms with van der Waals surface area (Å²) in [5.41, 5.74) is 1.10. The SMILES string of the molecule is CO/C1=C(C(=O)c2ccc3ccccc3c2OC)/C=C\C/C=C\C=C/C1. The smallest absolute Gasteiger partial charge is 0.200 e. The van der Waals surface area contributed by atoms with Crippen LogP contribution in [0.4, 0.5) is 0 Å². The van der Waals surface area contributed by atoms with Crippen LogP contribution in [-0.4, -0.2) is 20.0 Å². The summed E-state index contributed by atoms with van der Waals surface area (Å²) in [5, 5.41) is 1.96. The van der Waals surface area contributed by atoms with Gasteiger partial charge in [-0.05, 0) is 17.9 Å². The van der Waals surface area contributed by atoms with Gasteiger partial charge in [-0.2, -0.15) is 0 Å². The highest BCUT2D eigenvalue weighted by Crippen LogP contribution is 2.32. The zero-order valence-electron chi connectivity index (χ0n) is 15.1. The molecule has 0 aromatic heterocycles. The van der Waals surface area contributed by atoms with Crippen molar-refractivity contribution < 1.29 is 14.3 Å². The number of hydrogen-bond donors (Lipinski definition) is 0. The van der Waals surface area contributed by atoms with Crippen molar-refractivity contribution in [2.45, 2.75) is 12.8 Å². The van der Waals surface area contributed by atoms with Crippen molar-refractivity contribution in [1.29, 1.82) is 0 Å². The van der Waals surface area contributed by atoms with Gasteiger partial charge in [0.05, 0.1) is 25.4 Å². The summed E-state index contributed by atoms with van der Waals surface area (Å²) in [4.78, 5) is 13.3. The monoisotopic (exact) mass is 346 g/mol. The minimum absolute atomic E-state index is 0.0985. The molecule has 1 aliphatic carbocycles. The Labute approximate surface area is 153 Å². The van der Waals surface area contributed by atoms with Crippen LogP contribution in [0.3, 0.4) is 0 Å². The number of rotatable bonds is 4. The lowest BCUT2D eigenvalue weighted by molar-refractivity contribution is 0.102. The molecule has 1 aliphatic rings. The van der Waals surface area contributed by atoms with Crippen LogP contribution in [0.25, 0.3) is 10.8 Å². The molecule has 0 atom stereocenters. The number of benzene rings is 2. The molecule has 26 heavy (non-hydrogen) atoms. The molecule has 0 bridgehead atoms. The van der Waals surface area contributed by atoms with Crippen molar-refractivity contribution >= 4 is 16.6 Å². The fraction of sp³-hybridized carbons (Fsp3) is 0.174. The molecule has 0 N–H and O–H groups in total. The topological polar surface area (TPSA) is 35.5 Å². The fourth-order valence-corrected chi connectivity index (χ4v) is 3.06. The Kier molecular flexibility index (Phi) is 5.69. The Morgan fingerprint density at radius 3 is 2.54 bits per heavy atom. The van der Waals surface area contributed by atoms with Gasteiger partial charge in [-0.25, -0.2) is 0 Å². The molecular formula is C23H22O3. The Balaban J connectivity index is 2.13. The number of hydrogen-bond acceptors (Lipinski definition) is 3. The van der Waals surface area contributed by atoms with E-state index < -0.39 is 0 Å². The molecule has 2 aromatic rings. The normalized spacial score (nSPS) is 21.0. The first-order chi connectivity index (χ1) is 12.8. The zero-order valence-corrected chi connectivity index (χ0v) is 15.1. The predicted octanol–water partition coefficient (Wildman–Crippen LogP) is 5.39. The summed E-state index contributed by atoms with van der Waals surface area (Å²) in [6.07, 6.45) is 13.1. The van der Waals surface area contributed by atoms with Crippen LogP contribution < -0.4 is 4.74 Å². The number of allylic oxidation sites excluding steroid dienone is 7. The second kappa shape index (κ2) is 8.34. The Morgan fingerprint density at radius 1 is 0.923 bits per heavy atom. The van der Waals surface area contributed by atoms with Crippen molar-refractivity contribution in [3.63, 3.8) is 0 Å². The fourth-order valence-electron chi connectivity index (χ4n) is 3.06. The van der Waals surface area contributed by atoms with E-state index in [0.717, 1.165) is 17.2 Å². The highest BCUT2D eigenvalue weighted by atomic mass is 16.5. The first kappa shape index (κ1) is 17.7. The molecule has 0 radical (unpaired) electrons. The Morgan fingerprint density at radius 2 is 1.73 bits per heavy atom. The van der Waals surface area contributed by atoms with Gasteiger partial charge in [-0.1, -0.05) is 66.8 Å². The highest BCUT2D eigenvalue weighted by molar-refractivity contribution is 6.15. The molecule has 0 heterocycles. The van der Waals surface area contributed by atoms with E-state index in [9.17, 15) is 4.79 Å². The number of ketones is 1. The van der Waals surface area contributed by atoms with Gasteiger partial charge >= 0.3 is 0 Å². The van der Waals surface area contributed by atoms with Gasteiger partial charge in [-0.3, -0.25) is 4.79 Å². The van der Waals surface area contributed by atoms with Crippen LogP contribution in [0.5, 0.6) is 5.75 Å². The number of methoxy groups -OCH3 is 2. The Hall–Kier alpha value is -3.07. The van der Waals surface area contributed by atoms with E-state index in [1.165, 1.54) is 0 Å². The second-order valence-corrected chi connectivity index (χ2v) is 5.94. The van der Waals surface area contributed by atoms with Crippen molar-refractivity contribution in [3.8, 4) is 5.75 Å². The van der Waals surface area contributed by atoms with Crippen molar-refractivity contribution in [2.24, 2.45) is 0 Å². The largest absolute Gasteiger partial charge is 0.500 e. The molecule has 0 spiro atoms. The molecule has 3 rings (SSSR count). The van der Waals surface area contributed by atoms with Crippen molar-refractivity contribution in [3.05, 3.63) is 89.8 Å². The first-order valence-electron chi connectivity index (χ1n) is 8.62. The number of fused-ring (bicyclic) bond motifs is 1. The maximum Gasteiger partial charge on any atom is 0.200 e. The van der Waals surface area contributed by atoms with Gasteiger partial charge < -0.3 is 9.47 Å². The lowest BCUT2D eigenvalue weighted by atomic mass is 9.96.